The van der Waals surface area contributed by atoms with E-state index in [-0.39, 0.29) is 17.7 Å². The number of benzene rings is 1. The van der Waals surface area contributed by atoms with Crippen LogP contribution in [0.1, 0.15) is 36.3 Å². The second-order valence-electron chi connectivity index (χ2n) is 6.47. The molecule has 1 amide bonds. The average Bonchev–Trinajstić information content (AvgIpc) is 3.38. The molecule has 1 aliphatic carbocycles. The Labute approximate surface area is 145 Å². The van der Waals surface area contributed by atoms with Gasteiger partial charge < -0.3 is 15.7 Å². The standard InChI is InChI=1S/C19H18N4O2/c1-2-11-3-6-13(16(24)9-11)18-14(12-4-5-12)10-17(22-23-18)21-19(25)15-7-8-20-15/h1,3,6,9-10,12,15,20,24H,4-5,7-8H2,(H,21,22,25)/t15-/m1/s1. The minimum Gasteiger partial charge on any atom is -0.507 e. The molecule has 1 aromatic carbocycles. The molecular formula is C19H18N4O2. The molecule has 2 heterocycles. The highest BCUT2D eigenvalue weighted by Crippen LogP contribution is 2.45. The first-order valence-electron chi connectivity index (χ1n) is 8.37. The molecule has 25 heavy (non-hydrogen) atoms. The van der Waals surface area contributed by atoms with E-state index in [0.29, 0.717) is 28.6 Å². The van der Waals surface area contributed by atoms with Crippen molar-refractivity contribution in [1.29, 1.82) is 0 Å². The summed E-state index contributed by atoms with van der Waals surface area (Å²) in [6.45, 7) is 0.864. The molecule has 126 valence electrons. The highest BCUT2D eigenvalue weighted by atomic mass is 16.3. The molecule has 2 aromatic rings. The van der Waals surface area contributed by atoms with Gasteiger partial charge in [0.1, 0.15) is 11.4 Å². The van der Waals surface area contributed by atoms with Gasteiger partial charge in [-0.15, -0.1) is 16.6 Å². The fourth-order valence-corrected chi connectivity index (χ4v) is 2.93. The number of carbonyl (C=O) groups excluding carboxylic acids is 1. The van der Waals surface area contributed by atoms with Gasteiger partial charge in [-0.25, -0.2) is 0 Å². The lowest BCUT2D eigenvalue weighted by molar-refractivity contribution is -0.119. The summed E-state index contributed by atoms with van der Waals surface area (Å²) < 4.78 is 0. The molecule has 6 nitrogen and oxygen atoms in total. The van der Waals surface area contributed by atoms with Gasteiger partial charge in [0.2, 0.25) is 5.91 Å². The monoisotopic (exact) mass is 334 g/mol. The molecule has 4 rings (SSSR count). The fourth-order valence-electron chi connectivity index (χ4n) is 2.93. The largest absolute Gasteiger partial charge is 0.507 e. The molecule has 0 unspecified atom stereocenters. The number of terminal acetylenes is 1. The van der Waals surface area contributed by atoms with Crippen molar-refractivity contribution in [1.82, 2.24) is 15.5 Å². The number of carbonyl (C=O) groups is 1. The minimum atomic E-state index is -0.147. The zero-order valence-corrected chi connectivity index (χ0v) is 13.6. The second kappa shape index (κ2) is 6.19. The number of rotatable bonds is 4. The molecule has 0 spiro atoms. The second-order valence-corrected chi connectivity index (χ2v) is 6.47. The molecule has 2 fully saturated rings. The lowest BCUT2D eigenvalue weighted by Gasteiger charge is -2.26. The normalized spacial score (nSPS) is 18.9. The molecule has 0 bridgehead atoms. The number of phenolic OH excluding ortho intramolecular Hbond substituents is 1. The molecule has 3 N–H and O–H groups in total. The molecule has 2 aliphatic rings. The third kappa shape index (κ3) is 3.06. The first-order valence-corrected chi connectivity index (χ1v) is 8.37. The summed E-state index contributed by atoms with van der Waals surface area (Å²) in [6, 6.07) is 6.80. The van der Waals surface area contributed by atoms with E-state index in [1.165, 1.54) is 0 Å². The minimum absolute atomic E-state index is 0.0853. The van der Waals surface area contributed by atoms with Crippen LogP contribution in [0.15, 0.2) is 24.3 Å². The maximum absolute atomic E-state index is 12.1. The molecule has 6 heteroatoms. The quantitative estimate of drug-likeness (QED) is 0.745. The third-order valence-electron chi connectivity index (χ3n) is 4.65. The van der Waals surface area contributed by atoms with Gasteiger partial charge >= 0.3 is 0 Å². The smallest absolute Gasteiger partial charge is 0.242 e. The van der Waals surface area contributed by atoms with E-state index in [0.717, 1.165) is 31.4 Å². The van der Waals surface area contributed by atoms with Gasteiger partial charge in [-0.1, -0.05) is 5.92 Å². The van der Waals surface area contributed by atoms with Gasteiger partial charge in [-0.05, 0) is 61.6 Å². The van der Waals surface area contributed by atoms with Crippen molar-refractivity contribution in [3.05, 3.63) is 35.4 Å². The molecule has 1 aromatic heterocycles. The van der Waals surface area contributed by atoms with Crippen LogP contribution in [0.2, 0.25) is 0 Å². The Morgan fingerprint density at radius 1 is 1.28 bits per heavy atom. The lowest BCUT2D eigenvalue weighted by atomic mass is 10.0. The highest BCUT2D eigenvalue weighted by molar-refractivity contribution is 5.94. The van der Waals surface area contributed by atoms with E-state index in [2.05, 4.69) is 26.8 Å². The number of anilines is 1. The van der Waals surface area contributed by atoms with Gasteiger partial charge in [0.25, 0.3) is 0 Å². The van der Waals surface area contributed by atoms with Crippen molar-refractivity contribution in [3.63, 3.8) is 0 Å². The first kappa shape index (κ1) is 15.6. The van der Waals surface area contributed by atoms with E-state index < -0.39 is 0 Å². The number of hydrogen-bond acceptors (Lipinski definition) is 5. The third-order valence-corrected chi connectivity index (χ3v) is 4.65. The Bertz CT molecular complexity index is 879. The van der Waals surface area contributed by atoms with Crippen molar-refractivity contribution in [3.8, 4) is 29.4 Å². The summed E-state index contributed by atoms with van der Waals surface area (Å²) in [5.74, 6) is 3.33. The molecule has 1 saturated heterocycles. The Morgan fingerprint density at radius 2 is 2.08 bits per heavy atom. The predicted octanol–water partition coefficient (Wildman–Crippen LogP) is 2.01. The van der Waals surface area contributed by atoms with Crippen LogP contribution in [0.5, 0.6) is 5.75 Å². The van der Waals surface area contributed by atoms with Crippen molar-refractivity contribution >= 4 is 11.7 Å². The lowest BCUT2D eigenvalue weighted by Crippen LogP contribution is -2.50. The SMILES string of the molecule is C#Cc1ccc(-c2nnc(NC(=O)[C@H]3CCN3)cc2C2CC2)c(O)c1. The number of nitrogens with zero attached hydrogens (tertiary/aromatic N) is 2. The van der Waals surface area contributed by atoms with Crippen LogP contribution in [-0.4, -0.2) is 33.8 Å². The molecule has 1 saturated carbocycles. The summed E-state index contributed by atoms with van der Waals surface area (Å²) in [5, 5.41) is 24.6. The van der Waals surface area contributed by atoms with Crippen LogP contribution >= 0.6 is 0 Å². The summed E-state index contributed by atoms with van der Waals surface area (Å²) >= 11 is 0. The first-order chi connectivity index (χ1) is 12.2. The molecule has 1 aliphatic heterocycles. The number of phenols is 1. The summed E-state index contributed by atoms with van der Waals surface area (Å²) in [5.41, 5.74) is 2.85. The molecular weight excluding hydrogens is 316 g/mol. The fraction of sp³-hybridized carbons (Fsp3) is 0.316. The summed E-state index contributed by atoms with van der Waals surface area (Å²) in [4.78, 5) is 12.1. The van der Waals surface area contributed by atoms with Crippen molar-refractivity contribution in [2.24, 2.45) is 0 Å². The van der Waals surface area contributed by atoms with Crippen LogP contribution in [0, 0.1) is 12.3 Å². The number of aromatic hydroxyl groups is 1. The highest BCUT2D eigenvalue weighted by Gasteiger charge is 2.30. The number of hydrogen-bond donors (Lipinski definition) is 3. The van der Waals surface area contributed by atoms with Crippen molar-refractivity contribution in [2.45, 2.75) is 31.2 Å². The maximum atomic E-state index is 12.1. The van der Waals surface area contributed by atoms with Crippen LogP contribution in [-0.2, 0) is 4.79 Å². The molecule has 0 radical (unpaired) electrons. The van der Waals surface area contributed by atoms with Crippen LogP contribution in [0.4, 0.5) is 5.82 Å². The van der Waals surface area contributed by atoms with Gasteiger partial charge in [0, 0.05) is 11.1 Å². The zero-order chi connectivity index (χ0) is 17.4. The van der Waals surface area contributed by atoms with Crippen molar-refractivity contribution in [2.75, 3.05) is 11.9 Å². The topological polar surface area (TPSA) is 87.1 Å². The van der Waals surface area contributed by atoms with Crippen LogP contribution in [0.3, 0.4) is 0 Å². The average molecular weight is 334 g/mol. The van der Waals surface area contributed by atoms with Gasteiger partial charge in [0.05, 0.1) is 6.04 Å². The van der Waals surface area contributed by atoms with Crippen LogP contribution < -0.4 is 10.6 Å². The maximum Gasteiger partial charge on any atom is 0.242 e. The Hall–Kier alpha value is -2.91. The Morgan fingerprint density at radius 3 is 2.68 bits per heavy atom. The van der Waals surface area contributed by atoms with Crippen LogP contribution in [0.25, 0.3) is 11.3 Å². The van der Waals surface area contributed by atoms with Gasteiger partial charge in [0.15, 0.2) is 5.82 Å². The van der Waals surface area contributed by atoms with E-state index >= 15 is 0 Å². The zero-order valence-electron chi connectivity index (χ0n) is 13.6. The van der Waals surface area contributed by atoms with Gasteiger partial charge in [-0.3, -0.25) is 4.79 Å². The number of amides is 1. The predicted molar refractivity (Wildman–Crippen MR) is 94.1 cm³/mol. The van der Waals surface area contributed by atoms with Gasteiger partial charge in [-0.2, -0.15) is 0 Å². The molecule has 1 atom stereocenters. The van der Waals surface area contributed by atoms with E-state index in [1.807, 2.05) is 6.07 Å². The van der Waals surface area contributed by atoms with Crippen molar-refractivity contribution < 1.29 is 9.90 Å². The Balaban J connectivity index is 1.66. The summed E-state index contributed by atoms with van der Waals surface area (Å²) in [6.07, 6.45) is 8.34. The number of aromatic nitrogens is 2. The Kier molecular flexibility index (Phi) is 3.86. The van der Waals surface area contributed by atoms with E-state index in [9.17, 15) is 9.90 Å². The van der Waals surface area contributed by atoms with E-state index in [4.69, 9.17) is 6.42 Å². The number of nitrogens with one attached hydrogen (secondary N) is 2. The summed E-state index contributed by atoms with van der Waals surface area (Å²) in [7, 11) is 0. The van der Waals surface area contributed by atoms with E-state index in [1.54, 1.807) is 18.2 Å².